The Morgan fingerprint density at radius 2 is 2.15 bits per heavy atom. The fourth-order valence-electron chi connectivity index (χ4n) is 2.42. The third-order valence-electron chi connectivity index (χ3n) is 3.49. The van der Waals surface area contributed by atoms with E-state index in [2.05, 4.69) is 10.5 Å². The minimum atomic E-state index is -0.00995. The molecule has 1 aliphatic heterocycles. The second-order valence-electron chi connectivity index (χ2n) is 4.98. The lowest BCUT2D eigenvalue weighted by Gasteiger charge is -2.27. The van der Waals surface area contributed by atoms with Gasteiger partial charge in [-0.1, -0.05) is 28.9 Å². The Morgan fingerprint density at radius 3 is 2.90 bits per heavy atom. The van der Waals surface area contributed by atoms with Gasteiger partial charge in [0.25, 0.3) is 5.91 Å². The summed E-state index contributed by atoms with van der Waals surface area (Å²) in [6.45, 7) is 5.11. The number of carbonyl (C=O) groups is 1. The predicted molar refractivity (Wildman–Crippen MR) is 75.4 cm³/mol. The molecule has 0 spiro atoms. The summed E-state index contributed by atoms with van der Waals surface area (Å²) in [7, 11) is 0. The molecular formula is C15H17N3O2. The first-order valence-electron chi connectivity index (χ1n) is 6.77. The number of aromatic nitrogens is 1. The summed E-state index contributed by atoms with van der Waals surface area (Å²) in [5.41, 5.74) is 2.55. The van der Waals surface area contributed by atoms with Crippen LogP contribution in [0.4, 0.5) is 0 Å². The van der Waals surface area contributed by atoms with Gasteiger partial charge in [0.05, 0.1) is 6.20 Å². The first kappa shape index (κ1) is 12.9. The molecular weight excluding hydrogens is 254 g/mol. The minimum absolute atomic E-state index is 0.00995. The molecule has 1 amide bonds. The normalized spacial score (nSPS) is 15.3. The van der Waals surface area contributed by atoms with E-state index in [0.29, 0.717) is 11.3 Å². The van der Waals surface area contributed by atoms with Crippen molar-refractivity contribution in [3.8, 4) is 11.3 Å². The quantitative estimate of drug-likeness (QED) is 0.903. The Labute approximate surface area is 117 Å². The van der Waals surface area contributed by atoms with E-state index < -0.39 is 0 Å². The van der Waals surface area contributed by atoms with Gasteiger partial charge in [0.1, 0.15) is 5.56 Å². The van der Waals surface area contributed by atoms with E-state index in [0.717, 1.165) is 37.3 Å². The van der Waals surface area contributed by atoms with Gasteiger partial charge < -0.3 is 14.7 Å². The molecule has 0 aliphatic carbocycles. The van der Waals surface area contributed by atoms with Crippen LogP contribution in [-0.4, -0.2) is 42.1 Å². The van der Waals surface area contributed by atoms with Crippen LogP contribution in [-0.2, 0) is 0 Å². The maximum atomic E-state index is 12.5. The Hall–Kier alpha value is -2.14. The van der Waals surface area contributed by atoms with E-state index in [1.165, 1.54) is 6.20 Å². The molecule has 5 nitrogen and oxygen atoms in total. The molecule has 2 heterocycles. The summed E-state index contributed by atoms with van der Waals surface area (Å²) in [4.78, 5) is 14.4. The molecule has 1 N–H and O–H groups in total. The van der Waals surface area contributed by atoms with Gasteiger partial charge in [0, 0.05) is 31.7 Å². The zero-order chi connectivity index (χ0) is 13.9. The number of nitrogens with zero attached hydrogens (tertiary/aromatic N) is 2. The van der Waals surface area contributed by atoms with Crippen LogP contribution in [0.25, 0.3) is 11.3 Å². The van der Waals surface area contributed by atoms with Crippen molar-refractivity contribution < 1.29 is 9.32 Å². The molecule has 0 radical (unpaired) electrons. The largest absolute Gasteiger partial charge is 0.355 e. The van der Waals surface area contributed by atoms with Crippen molar-refractivity contribution in [1.82, 2.24) is 15.4 Å². The number of hydrogen-bond acceptors (Lipinski definition) is 4. The van der Waals surface area contributed by atoms with Gasteiger partial charge in [-0.3, -0.25) is 4.79 Å². The van der Waals surface area contributed by atoms with Crippen LogP contribution in [0.15, 0.2) is 35.0 Å². The second-order valence-corrected chi connectivity index (χ2v) is 4.98. The molecule has 0 atom stereocenters. The van der Waals surface area contributed by atoms with E-state index in [4.69, 9.17) is 4.52 Å². The van der Waals surface area contributed by atoms with Gasteiger partial charge in [-0.05, 0) is 13.0 Å². The lowest BCUT2D eigenvalue weighted by Crippen LogP contribution is -2.46. The summed E-state index contributed by atoms with van der Waals surface area (Å²) in [5, 5.41) is 7.04. The van der Waals surface area contributed by atoms with Crippen LogP contribution in [0.5, 0.6) is 0 Å². The topological polar surface area (TPSA) is 58.4 Å². The average molecular weight is 271 g/mol. The van der Waals surface area contributed by atoms with Gasteiger partial charge in [-0.2, -0.15) is 0 Å². The van der Waals surface area contributed by atoms with E-state index in [1.807, 2.05) is 36.1 Å². The predicted octanol–water partition coefficient (Wildman–Crippen LogP) is 1.70. The Morgan fingerprint density at radius 1 is 1.35 bits per heavy atom. The summed E-state index contributed by atoms with van der Waals surface area (Å²) < 4.78 is 5.30. The van der Waals surface area contributed by atoms with Crippen LogP contribution < -0.4 is 5.32 Å². The fraction of sp³-hybridized carbons (Fsp3) is 0.333. The first-order valence-corrected chi connectivity index (χ1v) is 6.77. The van der Waals surface area contributed by atoms with Crippen molar-refractivity contribution in [3.05, 3.63) is 41.6 Å². The van der Waals surface area contributed by atoms with Crippen molar-refractivity contribution in [1.29, 1.82) is 0 Å². The van der Waals surface area contributed by atoms with Gasteiger partial charge >= 0.3 is 0 Å². The highest BCUT2D eigenvalue weighted by molar-refractivity contribution is 5.99. The van der Waals surface area contributed by atoms with Crippen molar-refractivity contribution in [3.63, 3.8) is 0 Å². The van der Waals surface area contributed by atoms with Gasteiger partial charge in [-0.25, -0.2) is 0 Å². The number of carbonyl (C=O) groups excluding carboxylic acids is 1. The van der Waals surface area contributed by atoms with Crippen LogP contribution in [0.3, 0.4) is 0 Å². The SMILES string of the molecule is Cc1cccc(-c2oncc2C(=O)N2CCNCC2)c1. The van der Waals surface area contributed by atoms with Crippen LogP contribution >= 0.6 is 0 Å². The highest BCUT2D eigenvalue weighted by Gasteiger charge is 2.24. The molecule has 5 heteroatoms. The van der Waals surface area contributed by atoms with E-state index in [1.54, 1.807) is 0 Å². The number of aryl methyl sites for hydroxylation is 1. The van der Waals surface area contributed by atoms with Crippen molar-refractivity contribution in [2.75, 3.05) is 26.2 Å². The van der Waals surface area contributed by atoms with E-state index in [-0.39, 0.29) is 5.91 Å². The third-order valence-corrected chi connectivity index (χ3v) is 3.49. The summed E-state index contributed by atoms with van der Waals surface area (Å²) in [5.74, 6) is 0.543. The number of nitrogens with one attached hydrogen (secondary N) is 1. The van der Waals surface area contributed by atoms with Crippen LogP contribution in [0.2, 0.25) is 0 Å². The number of hydrogen-bond donors (Lipinski definition) is 1. The summed E-state index contributed by atoms with van der Waals surface area (Å²) in [6.07, 6.45) is 1.52. The van der Waals surface area contributed by atoms with E-state index >= 15 is 0 Å². The molecule has 3 rings (SSSR count). The first-order chi connectivity index (χ1) is 9.75. The number of benzene rings is 1. The van der Waals surface area contributed by atoms with Crippen molar-refractivity contribution in [2.24, 2.45) is 0 Å². The molecule has 0 unspecified atom stereocenters. The smallest absolute Gasteiger partial charge is 0.259 e. The lowest BCUT2D eigenvalue weighted by molar-refractivity contribution is 0.0736. The molecule has 0 saturated carbocycles. The average Bonchev–Trinajstić information content (AvgIpc) is 2.97. The van der Waals surface area contributed by atoms with Gasteiger partial charge in [-0.15, -0.1) is 0 Å². The maximum Gasteiger partial charge on any atom is 0.259 e. The molecule has 104 valence electrons. The highest BCUT2D eigenvalue weighted by atomic mass is 16.5. The third kappa shape index (κ3) is 2.44. The molecule has 1 saturated heterocycles. The van der Waals surface area contributed by atoms with Crippen LogP contribution in [0.1, 0.15) is 15.9 Å². The molecule has 2 aromatic rings. The van der Waals surface area contributed by atoms with Gasteiger partial charge in [0.2, 0.25) is 0 Å². The number of piperazine rings is 1. The Bertz CT molecular complexity index is 615. The van der Waals surface area contributed by atoms with Gasteiger partial charge in [0.15, 0.2) is 5.76 Å². The van der Waals surface area contributed by atoms with E-state index in [9.17, 15) is 4.79 Å². The molecule has 1 aromatic carbocycles. The lowest BCUT2D eigenvalue weighted by atomic mass is 10.1. The van der Waals surface area contributed by atoms with Crippen LogP contribution in [0, 0.1) is 6.92 Å². The second kappa shape index (κ2) is 5.46. The standard InChI is InChI=1S/C15H17N3O2/c1-11-3-2-4-12(9-11)14-13(10-17-20-14)15(19)18-7-5-16-6-8-18/h2-4,9-10,16H,5-8H2,1H3. The zero-order valence-corrected chi connectivity index (χ0v) is 11.4. The number of amides is 1. The minimum Gasteiger partial charge on any atom is -0.355 e. The molecule has 1 aliphatic rings. The zero-order valence-electron chi connectivity index (χ0n) is 11.4. The number of rotatable bonds is 2. The Kier molecular flexibility index (Phi) is 3.52. The molecule has 1 fully saturated rings. The maximum absolute atomic E-state index is 12.5. The fourth-order valence-corrected chi connectivity index (χ4v) is 2.42. The van der Waals surface area contributed by atoms with Crippen molar-refractivity contribution >= 4 is 5.91 Å². The van der Waals surface area contributed by atoms with Crippen molar-refractivity contribution in [2.45, 2.75) is 6.92 Å². The monoisotopic (exact) mass is 271 g/mol. The molecule has 0 bridgehead atoms. The Balaban J connectivity index is 1.91. The molecule has 20 heavy (non-hydrogen) atoms. The highest BCUT2D eigenvalue weighted by Crippen LogP contribution is 2.25. The molecule has 1 aromatic heterocycles. The summed E-state index contributed by atoms with van der Waals surface area (Å²) >= 11 is 0. The summed E-state index contributed by atoms with van der Waals surface area (Å²) in [6, 6.07) is 7.89.